The van der Waals surface area contributed by atoms with Crippen molar-refractivity contribution in [2.45, 2.75) is 39.7 Å². The van der Waals surface area contributed by atoms with Gasteiger partial charge in [-0.3, -0.25) is 4.79 Å². The largest absolute Gasteiger partial charge is 0.397 e. The number of amides is 1. The molecule has 1 saturated heterocycles. The smallest absolute Gasteiger partial charge is 0.266 e. The molecule has 0 atom stereocenters. The Morgan fingerprint density at radius 1 is 1.15 bits per heavy atom. The number of thiocarbonyl (C=S) groups is 1. The number of nitrogen functional groups attached to an aromatic ring is 1. The van der Waals surface area contributed by atoms with E-state index in [-0.39, 0.29) is 29.0 Å². The third-order valence-electron chi connectivity index (χ3n) is 5.29. The number of nitrogens with two attached hydrogens (primary N) is 1. The molecule has 2 aromatic carbocycles. The lowest BCUT2D eigenvalue weighted by Crippen LogP contribution is -2.34. The number of halogens is 4. The van der Waals surface area contributed by atoms with Crippen LogP contribution in [0, 0.1) is 5.41 Å². The number of carbonyl (C=O) groups excluding carboxylic acids is 1. The molecular weight excluding hydrogens is 503 g/mol. The van der Waals surface area contributed by atoms with Crippen molar-refractivity contribution in [1.82, 2.24) is 5.32 Å². The van der Waals surface area contributed by atoms with Crippen molar-refractivity contribution < 1.29 is 13.6 Å². The summed E-state index contributed by atoms with van der Waals surface area (Å²) < 4.78 is 27.2. The van der Waals surface area contributed by atoms with Crippen molar-refractivity contribution in [3.63, 3.8) is 0 Å². The number of hydrogen-bond donors (Lipinski definition) is 4. The van der Waals surface area contributed by atoms with Crippen molar-refractivity contribution in [2.24, 2.45) is 5.41 Å². The van der Waals surface area contributed by atoms with Crippen LogP contribution in [-0.4, -0.2) is 30.0 Å². The van der Waals surface area contributed by atoms with E-state index in [1.807, 2.05) is 26.8 Å². The predicted octanol–water partition coefficient (Wildman–Crippen LogP) is 5.89. The number of benzene rings is 2. The van der Waals surface area contributed by atoms with Crippen LogP contribution in [0.25, 0.3) is 0 Å². The lowest BCUT2D eigenvalue weighted by molar-refractivity contribution is -0.128. The Morgan fingerprint density at radius 2 is 1.82 bits per heavy atom. The van der Waals surface area contributed by atoms with Gasteiger partial charge in [0, 0.05) is 24.9 Å². The van der Waals surface area contributed by atoms with E-state index in [1.54, 1.807) is 24.3 Å². The number of anilines is 4. The van der Waals surface area contributed by atoms with Gasteiger partial charge in [0.05, 0.1) is 39.3 Å². The van der Waals surface area contributed by atoms with Gasteiger partial charge in [-0.15, -0.1) is 0 Å². The minimum absolute atomic E-state index is 0.0670. The second-order valence-electron chi connectivity index (χ2n) is 9.24. The highest BCUT2D eigenvalue weighted by atomic mass is 35.5. The van der Waals surface area contributed by atoms with Gasteiger partial charge in [0.2, 0.25) is 5.91 Å². The Bertz CT molecular complexity index is 1110. The standard InChI is InChI=1S/C23H27Cl2F2N5OS/c1-22(2,3)20(33)29-11-13-4-5-14(24)17(8-13)30-21(34)31-18-9-15(25)19(10-16(18)28)32-7-6-23(26,27)12-32/h4-5,8-10H,6-7,11-12,28H2,1-3H3,(H,29,33)(H2,30,31,34). The average Bonchev–Trinajstić information content (AvgIpc) is 3.09. The number of hydrogen-bond acceptors (Lipinski definition) is 4. The SMILES string of the molecule is CC(C)(C)C(=O)NCc1ccc(Cl)c(NC(=S)Nc2cc(Cl)c(N3CCC(F)(F)C3)cc2N)c1. The van der Waals surface area contributed by atoms with Crippen molar-refractivity contribution in [3.8, 4) is 0 Å². The third kappa shape index (κ3) is 6.61. The van der Waals surface area contributed by atoms with Crippen LogP contribution in [0.1, 0.15) is 32.8 Å². The second kappa shape index (κ2) is 10.1. The van der Waals surface area contributed by atoms with Crippen LogP contribution < -0.4 is 26.6 Å². The summed E-state index contributed by atoms with van der Waals surface area (Å²) >= 11 is 18.0. The van der Waals surface area contributed by atoms with Crippen LogP contribution in [0.5, 0.6) is 0 Å². The van der Waals surface area contributed by atoms with E-state index in [4.69, 9.17) is 41.2 Å². The van der Waals surface area contributed by atoms with Crippen molar-refractivity contribution in [1.29, 1.82) is 0 Å². The van der Waals surface area contributed by atoms with E-state index < -0.39 is 17.9 Å². The van der Waals surface area contributed by atoms with Crippen molar-refractivity contribution in [3.05, 3.63) is 45.9 Å². The highest BCUT2D eigenvalue weighted by Gasteiger charge is 2.39. The topological polar surface area (TPSA) is 82.4 Å². The summed E-state index contributed by atoms with van der Waals surface area (Å²) in [6.45, 7) is 5.65. The molecule has 1 heterocycles. The lowest BCUT2D eigenvalue weighted by atomic mass is 9.95. The molecule has 0 aliphatic carbocycles. The molecule has 0 saturated carbocycles. The molecule has 2 aromatic rings. The van der Waals surface area contributed by atoms with E-state index in [1.165, 1.54) is 4.90 Å². The van der Waals surface area contributed by atoms with Crippen molar-refractivity contribution >= 4 is 69.2 Å². The Hall–Kier alpha value is -2.36. The predicted molar refractivity (Wildman–Crippen MR) is 140 cm³/mol. The summed E-state index contributed by atoms with van der Waals surface area (Å²) in [4.78, 5) is 13.6. The number of nitrogens with zero attached hydrogens (tertiary/aromatic N) is 1. The van der Waals surface area contributed by atoms with Gasteiger partial charge in [-0.25, -0.2) is 8.78 Å². The third-order valence-corrected chi connectivity index (χ3v) is 6.13. The van der Waals surface area contributed by atoms with Gasteiger partial charge in [-0.1, -0.05) is 50.0 Å². The highest BCUT2D eigenvalue weighted by Crippen LogP contribution is 2.38. The van der Waals surface area contributed by atoms with Gasteiger partial charge in [0.1, 0.15) is 0 Å². The molecule has 1 aliphatic heterocycles. The fourth-order valence-electron chi connectivity index (χ4n) is 3.37. The maximum Gasteiger partial charge on any atom is 0.266 e. The molecular formula is C23H27Cl2F2N5OS. The maximum absolute atomic E-state index is 13.6. The van der Waals surface area contributed by atoms with Gasteiger partial charge < -0.3 is 26.6 Å². The summed E-state index contributed by atoms with van der Waals surface area (Å²) in [6.07, 6.45) is -0.225. The Labute approximate surface area is 213 Å². The van der Waals surface area contributed by atoms with Crippen LogP contribution in [0.15, 0.2) is 30.3 Å². The van der Waals surface area contributed by atoms with Crippen LogP contribution in [0.4, 0.5) is 31.5 Å². The first-order valence-corrected chi connectivity index (χ1v) is 11.8. The fraction of sp³-hybridized carbons (Fsp3) is 0.391. The van der Waals surface area contributed by atoms with Crippen LogP contribution in [0.3, 0.4) is 0 Å². The maximum atomic E-state index is 13.6. The zero-order valence-electron chi connectivity index (χ0n) is 19.1. The molecule has 6 nitrogen and oxygen atoms in total. The molecule has 184 valence electrons. The summed E-state index contributed by atoms with van der Waals surface area (Å²) in [6, 6.07) is 8.41. The van der Waals surface area contributed by atoms with E-state index in [0.717, 1.165) is 5.56 Å². The number of nitrogens with one attached hydrogen (secondary N) is 3. The van der Waals surface area contributed by atoms with Gasteiger partial charge in [-0.05, 0) is 42.0 Å². The lowest BCUT2D eigenvalue weighted by Gasteiger charge is -2.22. The summed E-state index contributed by atoms with van der Waals surface area (Å²) in [5, 5.41) is 9.79. The minimum atomic E-state index is -2.75. The van der Waals surface area contributed by atoms with Gasteiger partial charge >= 0.3 is 0 Å². The Kier molecular flexibility index (Phi) is 7.79. The van der Waals surface area contributed by atoms with E-state index in [0.29, 0.717) is 34.3 Å². The van der Waals surface area contributed by atoms with Crippen LogP contribution >= 0.6 is 35.4 Å². The zero-order valence-corrected chi connectivity index (χ0v) is 21.4. The molecule has 3 rings (SSSR count). The summed E-state index contributed by atoms with van der Waals surface area (Å²) in [5.41, 5.74) is 8.21. The first-order chi connectivity index (χ1) is 15.7. The molecule has 1 fully saturated rings. The van der Waals surface area contributed by atoms with E-state index >= 15 is 0 Å². The minimum Gasteiger partial charge on any atom is -0.397 e. The number of rotatable bonds is 5. The molecule has 0 spiro atoms. The van der Waals surface area contributed by atoms with Crippen LogP contribution in [-0.2, 0) is 11.3 Å². The van der Waals surface area contributed by atoms with E-state index in [9.17, 15) is 13.6 Å². The average molecular weight is 530 g/mol. The number of carbonyl (C=O) groups is 1. The number of alkyl halides is 2. The molecule has 34 heavy (non-hydrogen) atoms. The molecule has 0 unspecified atom stereocenters. The Morgan fingerprint density at radius 3 is 2.44 bits per heavy atom. The molecule has 0 bridgehead atoms. The van der Waals surface area contributed by atoms with Crippen molar-refractivity contribution in [2.75, 3.05) is 34.4 Å². The van der Waals surface area contributed by atoms with Gasteiger partial charge in [-0.2, -0.15) is 0 Å². The monoisotopic (exact) mass is 529 g/mol. The fourth-order valence-corrected chi connectivity index (χ4v) is 4.04. The van der Waals surface area contributed by atoms with Crippen LogP contribution in [0.2, 0.25) is 10.0 Å². The molecule has 5 N–H and O–H groups in total. The Balaban J connectivity index is 1.67. The molecule has 11 heteroatoms. The highest BCUT2D eigenvalue weighted by molar-refractivity contribution is 7.80. The normalized spacial score (nSPS) is 15.2. The second-order valence-corrected chi connectivity index (χ2v) is 10.5. The zero-order chi connectivity index (χ0) is 25.3. The molecule has 0 aromatic heterocycles. The molecule has 1 aliphatic rings. The quantitative estimate of drug-likeness (QED) is 0.285. The summed E-state index contributed by atoms with van der Waals surface area (Å²) in [7, 11) is 0. The summed E-state index contributed by atoms with van der Waals surface area (Å²) in [5.74, 6) is -2.81. The van der Waals surface area contributed by atoms with Gasteiger partial charge in [0.25, 0.3) is 5.92 Å². The van der Waals surface area contributed by atoms with E-state index in [2.05, 4.69) is 16.0 Å². The first-order valence-electron chi connectivity index (χ1n) is 10.6. The molecule has 0 radical (unpaired) electrons. The van der Waals surface area contributed by atoms with Gasteiger partial charge in [0.15, 0.2) is 5.11 Å². The first kappa shape index (κ1) is 26.2. The molecule has 1 amide bonds.